The number of hydrogen-bond acceptors (Lipinski definition) is 6. The van der Waals surface area contributed by atoms with Gasteiger partial charge in [0, 0.05) is 35.5 Å². The molecule has 0 atom stereocenters. The fraction of sp³-hybridized carbons (Fsp3) is 0.154. The highest BCUT2D eigenvalue weighted by atomic mass is 16.5. The monoisotopic (exact) mass is 440 g/mol. The number of carbonyl (C=O) groups is 1. The van der Waals surface area contributed by atoms with Crippen molar-refractivity contribution in [1.82, 2.24) is 9.55 Å². The van der Waals surface area contributed by atoms with Gasteiger partial charge in [-0.25, -0.2) is 14.6 Å². The molecule has 0 radical (unpaired) electrons. The fourth-order valence-corrected chi connectivity index (χ4v) is 4.10. The van der Waals surface area contributed by atoms with Gasteiger partial charge in [0.15, 0.2) is 0 Å². The molecule has 0 bridgehead atoms. The van der Waals surface area contributed by atoms with Crippen molar-refractivity contribution >= 4 is 38.7 Å². The van der Waals surface area contributed by atoms with Crippen LogP contribution in [-0.4, -0.2) is 15.5 Å². The molecule has 0 saturated carbocycles. The van der Waals surface area contributed by atoms with E-state index in [-0.39, 0.29) is 12.2 Å². The summed E-state index contributed by atoms with van der Waals surface area (Å²) in [5.41, 5.74) is 1.18. The van der Waals surface area contributed by atoms with Crippen molar-refractivity contribution in [3.05, 3.63) is 98.3 Å². The van der Waals surface area contributed by atoms with Crippen LogP contribution in [-0.2, 0) is 17.9 Å². The Morgan fingerprint density at radius 1 is 1.06 bits per heavy atom. The largest absolute Gasteiger partial charge is 0.457 e. The van der Waals surface area contributed by atoms with E-state index in [0.717, 1.165) is 16.5 Å². The zero-order chi connectivity index (χ0) is 23.1. The number of hydrogen-bond donors (Lipinski definition) is 0. The normalized spacial score (nSPS) is 11.3. The number of ether oxygens (including phenoxy) is 1. The molecule has 5 aromatic rings. The van der Waals surface area contributed by atoms with Crippen molar-refractivity contribution in [2.75, 3.05) is 0 Å². The molecule has 0 amide bonds. The quantitative estimate of drug-likeness (QED) is 0.235. The maximum absolute atomic E-state index is 13.0. The summed E-state index contributed by atoms with van der Waals surface area (Å²) >= 11 is 0. The van der Waals surface area contributed by atoms with Crippen LogP contribution in [0.1, 0.15) is 28.5 Å². The minimum absolute atomic E-state index is 0.0767. The molecule has 7 heteroatoms. The van der Waals surface area contributed by atoms with Gasteiger partial charge in [-0.15, -0.1) is 0 Å². The van der Waals surface area contributed by atoms with Crippen molar-refractivity contribution in [1.29, 1.82) is 0 Å². The maximum atomic E-state index is 13.0. The van der Waals surface area contributed by atoms with Crippen LogP contribution < -0.4 is 11.1 Å². The Kier molecular flexibility index (Phi) is 5.01. The Morgan fingerprint density at radius 3 is 2.70 bits per heavy atom. The molecule has 3 aromatic heterocycles. The number of aromatic nitrogens is 2. The van der Waals surface area contributed by atoms with Gasteiger partial charge in [-0.1, -0.05) is 30.3 Å². The Morgan fingerprint density at radius 2 is 1.88 bits per heavy atom. The molecule has 0 fully saturated rings. The van der Waals surface area contributed by atoms with Gasteiger partial charge in [-0.3, -0.25) is 4.79 Å². The van der Waals surface area contributed by atoms with Gasteiger partial charge in [0.25, 0.3) is 0 Å². The lowest BCUT2D eigenvalue weighted by molar-refractivity contribution is 0.0471. The third-order valence-electron chi connectivity index (χ3n) is 5.69. The van der Waals surface area contributed by atoms with Crippen LogP contribution in [0.5, 0.6) is 0 Å². The molecule has 7 nitrogen and oxygen atoms in total. The number of pyridine rings is 2. The SMILES string of the molecule is CCn1cc(C(=O)OCc2cc(=O)oc3ccc4ccccc4c23)c(=O)c2ccc(C)nc21. The van der Waals surface area contributed by atoms with Gasteiger partial charge in [0.05, 0.1) is 5.39 Å². The number of nitrogens with zero attached hydrogens (tertiary/aromatic N) is 2. The predicted molar refractivity (Wildman–Crippen MR) is 126 cm³/mol. The summed E-state index contributed by atoms with van der Waals surface area (Å²) in [5.74, 6) is -0.758. The van der Waals surface area contributed by atoms with E-state index < -0.39 is 17.0 Å². The first-order valence-electron chi connectivity index (χ1n) is 10.6. The molecule has 0 spiro atoms. The van der Waals surface area contributed by atoms with E-state index in [0.29, 0.717) is 34.1 Å². The zero-order valence-electron chi connectivity index (χ0n) is 18.1. The summed E-state index contributed by atoms with van der Waals surface area (Å²) in [6.07, 6.45) is 1.48. The lowest BCUT2D eigenvalue weighted by Crippen LogP contribution is -2.21. The summed E-state index contributed by atoms with van der Waals surface area (Å²) in [4.78, 5) is 42.5. The van der Waals surface area contributed by atoms with Gasteiger partial charge < -0.3 is 13.7 Å². The molecule has 0 aliphatic rings. The maximum Gasteiger partial charge on any atom is 0.344 e. The summed E-state index contributed by atoms with van der Waals surface area (Å²) in [6.45, 7) is 4.11. The number of rotatable bonds is 4. The molecule has 0 N–H and O–H groups in total. The van der Waals surface area contributed by atoms with Crippen LogP contribution in [0, 0.1) is 6.92 Å². The Balaban J connectivity index is 1.56. The minimum atomic E-state index is -0.758. The molecule has 33 heavy (non-hydrogen) atoms. The zero-order valence-corrected chi connectivity index (χ0v) is 18.1. The van der Waals surface area contributed by atoms with E-state index in [1.54, 1.807) is 22.8 Å². The lowest BCUT2D eigenvalue weighted by atomic mass is 10.0. The average molecular weight is 440 g/mol. The number of carbonyl (C=O) groups excluding carboxylic acids is 1. The van der Waals surface area contributed by atoms with Crippen LogP contribution in [0.3, 0.4) is 0 Å². The second-order valence-corrected chi connectivity index (χ2v) is 7.81. The van der Waals surface area contributed by atoms with Gasteiger partial charge in [0.2, 0.25) is 5.43 Å². The second-order valence-electron chi connectivity index (χ2n) is 7.81. The first-order chi connectivity index (χ1) is 16.0. The Bertz CT molecular complexity index is 1680. The standard InChI is InChI=1S/C26H20N2O5/c1-3-28-13-20(24(30)19-10-8-15(2)27-25(19)28)26(31)32-14-17-12-22(29)33-21-11-9-16-6-4-5-7-18(16)23(17)21/h4-13H,3,14H2,1-2H3. The third-order valence-corrected chi connectivity index (χ3v) is 5.69. The van der Waals surface area contributed by atoms with Crippen LogP contribution >= 0.6 is 0 Å². The molecule has 0 saturated heterocycles. The van der Waals surface area contributed by atoms with Crippen molar-refractivity contribution in [2.45, 2.75) is 27.0 Å². The van der Waals surface area contributed by atoms with E-state index in [4.69, 9.17) is 9.15 Å². The smallest absolute Gasteiger partial charge is 0.344 e. The van der Waals surface area contributed by atoms with Gasteiger partial charge in [-0.05, 0) is 42.8 Å². The van der Waals surface area contributed by atoms with E-state index in [2.05, 4.69) is 4.98 Å². The van der Waals surface area contributed by atoms with Crippen LogP contribution in [0.4, 0.5) is 0 Å². The fourth-order valence-electron chi connectivity index (χ4n) is 4.10. The van der Waals surface area contributed by atoms with Crippen molar-refractivity contribution in [3.8, 4) is 0 Å². The number of benzene rings is 2. The van der Waals surface area contributed by atoms with Gasteiger partial charge in [0.1, 0.15) is 23.4 Å². The predicted octanol–water partition coefficient (Wildman–Crippen LogP) is 4.34. The number of esters is 1. The molecular formula is C26H20N2O5. The highest BCUT2D eigenvalue weighted by Gasteiger charge is 2.19. The minimum Gasteiger partial charge on any atom is -0.457 e. The molecule has 3 heterocycles. The highest BCUT2D eigenvalue weighted by molar-refractivity contribution is 6.07. The van der Waals surface area contributed by atoms with Gasteiger partial charge in [-0.2, -0.15) is 0 Å². The summed E-state index contributed by atoms with van der Waals surface area (Å²) < 4.78 is 12.6. The number of fused-ring (bicyclic) bond motifs is 4. The Hall–Kier alpha value is -4.26. The molecule has 164 valence electrons. The van der Waals surface area contributed by atoms with Gasteiger partial charge >= 0.3 is 11.6 Å². The number of aryl methyl sites for hydroxylation is 2. The molecule has 0 aliphatic carbocycles. The third kappa shape index (κ3) is 3.57. The van der Waals surface area contributed by atoms with Crippen LogP contribution in [0.2, 0.25) is 0 Å². The molecule has 0 aliphatic heterocycles. The molecule has 0 unspecified atom stereocenters. The lowest BCUT2D eigenvalue weighted by Gasteiger charge is -2.12. The summed E-state index contributed by atoms with van der Waals surface area (Å²) in [5, 5.41) is 2.90. The first-order valence-corrected chi connectivity index (χ1v) is 10.6. The van der Waals surface area contributed by atoms with E-state index in [9.17, 15) is 14.4 Å². The second kappa shape index (κ2) is 8.02. The van der Waals surface area contributed by atoms with Crippen molar-refractivity contribution in [3.63, 3.8) is 0 Å². The summed E-state index contributed by atoms with van der Waals surface area (Å²) in [6, 6.07) is 16.0. The summed E-state index contributed by atoms with van der Waals surface area (Å²) in [7, 11) is 0. The van der Waals surface area contributed by atoms with Crippen molar-refractivity contribution in [2.24, 2.45) is 0 Å². The van der Waals surface area contributed by atoms with Crippen LogP contribution in [0.25, 0.3) is 32.8 Å². The highest BCUT2D eigenvalue weighted by Crippen LogP contribution is 2.28. The van der Waals surface area contributed by atoms with E-state index >= 15 is 0 Å². The van der Waals surface area contributed by atoms with E-state index in [1.165, 1.54) is 12.3 Å². The van der Waals surface area contributed by atoms with Crippen LogP contribution in [0.15, 0.2) is 74.8 Å². The topological polar surface area (TPSA) is 91.4 Å². The average Bonchev–Trinajstić information content (AvgIpc) is 2.82. The Labute approximate surface area is 187 Å². The molecule has 2 aromatic carbocycles. The first kappa shape index (κ1) is 20.6. The van der Waals surface area contributed by atoms with Crippen molar-refractivity contribution < 1.29 is 13.9 Å². The van der Waals surface area contributed by atoms with E-state index in [1.807, 2.05) is 44.2 Å². The molecule has 5 rings (SSSR count). The molecular weight excluding hydrogens is 420 g/mol.